The topological polar surface area (TPSA) is 49.4 Å². The number of aryl methyl sites for hydroxylation is 2. The van der Waals surface area contributed by atoms with Gasteiger partial charge in [0.2, 0.25) is 11.8 Å². The number of hydrogen-bond donors (Lipinski definition) is 1. The Kier molecular flexibility index (Phi) is 7.01. The van der Waals surface area contributed by atoms with Crippen LogP contribution in [0.5, 0.6) is 0 Å². The minimum Gasteiger partial charge on any atom is -0.342 e. The van der Waals surface area contributed by atoms with Crippen LogP contribution in [0.4, 0.5) is 5.69 Å². The Hall–Kier alpha value is -2.27. The van der Waals surface area contributed by atoms with Crippen LogP contribution < -0.4 is 5.32 Å². The van der Waals surface area contributed by atoms with E-state index in [1.807, 2.05) is 43.0 Å². The summed E-state index contributed by atoms with van der Waals surface area (Å²) in [6.45, 7) is 9.40. The highest BCUT2D eigenvalue weighted by Gasteiger charge is 2.28. The Morgan fingerprint density at radius 1 is 1.03 bits per heavy atom. The predicted molar refractivity (Wildman–Crippen MR) is 119 cm³/mol. The summed E-state index contributed by atoms with van der Waals surface area (Å²) in [5, 5.41) is 3.04. The second-order valence-electron chi connectivity index (χ2n) is 8.14. The summed E-state index contributed by atoms with van der Waals surface area (Å²) in [6.07, 6.45) is 1.45. The van der Waals surface area contributed by atoms with E-state index >= 15 is 0 Å². The quantitative estimate of drug-likeness (QED) is 0.729. The van der Waals surface area contributed by atoms with Crippen LogP contribution in [0.1, 0.15) is 37.8 Å². The molecule has 154 valence electrons. The van der Waals surface area contributed by atoms with E-state index in [1.165, 1.54) is 16.0 Å². The van der Waals surface area contributed by atoms with Crippen molar-refractivity contribution in [2.24, 2.45) is 11.8 Å². The van der Waals surface area contributed by atoms with Crippen LogP contribution in [0.2, 0.25) is 0 Å². The lowest BCUT2D eigenvalue weighted by atomic mass is 9.95. The fourth-order valence-electron chi connectivity index (χ4n) is 3.52. The smallest absolute Gasteiger partial charge is 0.227 e. The van der Waals surface area contributed by atoms with Gasteiger partial charge in [-0.1, -0.05) is 37.7 Å². The molecule has 0 aliphatic carbocycles. The Morgan fingerprint density at radius 2 is 1.69 bits per heavy atom. The fourth-order valence-corrected chi connectivity index (χ4v) is 4.52. The molecular formula is C24H30N2O2S. The Balaban J connectivity index is 1.54. The van der Waals surface area contributed by atoms with E-state index in [0.29, 0.717) is 13.1 Å². The molecular weight excluding hydrogens is 380 g/mol. The molecule has 0 radical (unpaired) electrons. The molecule has 5 heteroatoms. The molecule has 0 saturated carbocycles. The molecule has 2 amide bonds. The van der Waals surface area contributed by atoms with Crippen molar-refractivity contribution in [3.63, 3.8) is 0 Å². The first kappa shape index (κ1) is 21.4. The molecule has 0 unspecified atom stereocenters. The standard InChI is InChI=1S/C24H30N2O2S/c1-16(2)24(28)26-13-11-19(12-14-26)23(27)25-20-7-9-21(10-8-20)29-22-15-17(3)5-6-18(22)4/h5-10,15-16,19H,11-14H2,1-4H3,(H,25,27). The van der Waals surface area contributed by atoms with Gasteiger partial charge in [-0.15, -0.1) is 0 Å². The Labute approximate surface area is 178 Å². The number of piperidine rings is 1. The molecule has 0 atom stereocenters. The summed E-state index contributed by atoms with van der Waals surface area (Å²) in [7, 11) is 0. The highest BCUT2D eigenvalue weighted by Crippen LogP contribution is 2.31. The molecule has 0 spiro atoms. The van der Waals surface area contributed by atoms with Crippen molar-refractivity contribution < 1.29 is 9.59 Å². The number of anilines is 1. The summed E-state index contributed by atoms with van der Waals surface area (Å²) in [6, 6.07) is 14.5. The normalized spacial score (nSPS) is 14.9. The second kappa shape index (κ2) is 9.49. The van der Waals surface area contributed by atoms with Gasteiger partial charge in [-0.05, 0) is 68.1 Å². The van der Waals surface area contributed by atoms with Gasteiger partial charge in [0.05, 0.1) is 0 Å². The lowest BCUT2D eigenvalue weighted by Gasteiger charge is -2.32. The zero-order valence-corrected chi connectivity index (χ0v) is 18.5. The maximum absolute atomic E-state index is 12.6. The number of nitrogens with one attached hydrogen (secondary N) is 1. The summed E-state index contributed by atoms with van der Waals surface area (Å²) >= 11 is 1.74. The third kappa shape index (κ3) is 5.63. The molecule has 29 heavy (non-hydrogen) atoms. The molecule has 1 aliphatic heterocycles. The van der Waals surface area contributed by atoms with Gasteiger partial charge in [0.15, 0.2) is 0 Å². The van der Waals surface area contributed by atoms with Crippen LogP contribution >= 0.6 is 11.8 Å². The van der Waals surface area contributed by atoms with E-state index in [0.717, 1.165) is 23.4 Å². The average molecular weight is 411 g/mol. The predicted octanol–water partition coefficient (Wildman–Crippen LogP) is 5.29. The Morgan fingerprint density at radius 3 is 2.31 bits per heavy atom. The molecule has 2 aromatic carbocycles. The SMILES string of the molecule is Cc1ccc(C)c(Sc2ccc(NC(=O)C3CCN(C(=O)C(C)C)CC3)cc2)c1. The average Bonchev–Trinajstić information content (AvgIpc) is 2.71. The number of carbonyl (C=O) groups is 2. The van der Waals surface area contributed by atoms with E-state index in [4.69, 9.17) is 0 Å². The number of nitrogens with zero attached hydrogens (tertiary/aromatic N) is 1. The molecule has 3 rings (SSSR count). The van der Waals surface area contributed by atoms with Gasteiger partial charge >= 0.3 is 0 Å². The number of amides is 2. The highest BCUT2D eigenvalue weighted by molar-refractivity contribution is 7.99. The minimum absolute atomic E-state index is 0.0142. The van der Waals surface area contributed by atoms with E-state index in [2.05, 4.69) is 37.4 Å². The third-order valence-electron chi connectivity index (χ3n) is 5.36. The van der Waals surface area contributed by atoms with Crippen LogP contribution in [0.3, 0.4) is 0 Å². The van der Waals surface area contributed by atoms with Crippen molar-refractivity contribution in [2.45, 2.75) is 50.3 Å². The van der Waals surface area contributed by atoms with Gasteiger partial charge in [0.1, 0.15) is 0 Å². The minimum atomic E-state index is -0.0322. The molecule has 1 fully saturated rings. The van der Waals surface area contributed by atoms with Crippen molar-refractivity contribution >= 4 is 29.3 Å². The Bertz CT molecular complexity index is 869. The summed E-state index contributed by atoms with van der Waals surface area (Å²) in [5.74, 6) is 0.216. The molecule has 0 aromatic heterocycles. The zero-order chi connectivity index (χ0) is 21.0. The zero-order valence-electron chi connectivity index (χ0n) is 17.7. The highest BCUT2D eigenvalue weighted by atomic mass is 32.2. The molecule has 4 nitrogen and oxygen atoms in total. The van der Waals surface area contributed by atoms with Crippen LogP contribution in [0, 0.1) is 25.7 Å². The van der Waals surface area contributed by atoms with E-state index in [9.17, 15) is 9.59 Å². The molecule has 1 heterocycles. The fraction of sp³-hybridized carbons (Fsp3) is 0.417. The van der Waals surface area contributed by atoms with Gasteiger partial charge in [-0.3, -0.25) is 9.59 Å². The van der Waals surface area contributed by atoms with Crippen molar-refractivity contribution in [1.82, 2.24) is 4.90 Å². The van der Waals surface area contributed by atoms with Crippen molar-refractivity contribution in [2.75, 3.05) is 18.4 Å². The van der Waals surface area contributed by atoms with Crippen molar-refractivity contribution in [3.8, 4) is 0 Å². The molecule has 0 bridgehead atoms. The second-order valence-corrected chi connectivity index (χ2v) is 9.25. The van der Waals surface area contributed by atoms with E-state index in [-0.39, 0.29) is 23.7 Å². The van der Waals surface area contributed by atoms with Crippen LogP contribution in [-0.2, 0) is 9.59 Å². The maximum atomic E-state index is 12.6. The first-order valence-corrected chi connectivity index (χ1v) is 11.1. The summed E-state index contributed by atoms with van der Waals surface area (Å²) in [4.78, 5) is 29.0. The van der Waals surface area contributed by atoms with E-state index < -0.39 is 0 Å². The van der Waals surface area contributed by atoms with Crippen LogP contribution in [0.15, 0.2) is 52.3 Å². The first-order chi connectivity index (χ1) is 13.8. The largest absolute Gasteiger partial charge is 0.342 e. The summed E-state index contributed by atoms with van der Waals surface area (Å²) < 4.78 is 0. The number of likely N-dealkylation sites (tertiary alicyclic amines) is 1. The van der Waals surface area contributed by atoms with Gasteiger partial charge in [0, 0.05) is 40.4 Å². The van der Waals surface area contributed by atoms with E-state index in [1.54, 1.807) is 11.8 Å². The number of rotatable bonds is 5. The van der Waals surface area contributed by atoms with Crippen LogP contribution in [0.25, 0.3) is 0 Å². The van der Waals surface area contributed by atoms with Crippen molar-refractivity contribution in [1.29, 1.82) is 0 Å². The maximum Gasteiger partial charge on any atom is 0.227 e. The number of hydrogen-bond acceptors (Lipinski definition) is 3. The lowest BCUT2D eigenvalue weighted by molar-refractivity contribution is -0.137. The van der Waals surface area contributed by atoms with Gasteiger partial charge in [-0.25, -0.2) is 0 Å². The first-order valence-electron chi connectivity index (χ1n) is 10.3. The molecule has 2 aromatic rings. The number of benzene rings is 2. The van der Waals surface area contributed by atoms with Gasteiger partial charge in [0.25, 0.3) is 0 Å². The van der Waals surface area contributed by atoms with Gasteiger partial charge in [-0.2, -0.15) is 0 Å². The third-order valence-corrected chi connectivity index (χ3v) is 6.53. The monoisotopic (exact) mass is 410 g/mol. The molecule has 1 aliphatic rings. The summed E-state index contributed by atoms with van der Waals surface area (Å²) in [5.41, 5.74) is 3.34. The molecule has 1 N–H and O–H groups in total. The van der Waals surface area contributed by atoms with Gasteiger partial charge < -0.3 is 10.2 Å². The lowest BCUT2D eigenvalue weighted by Crippen LogP contribution is -2.43. The van der Waals surface area contributed by atoms with Crippen LogP contribution in [-0.4, -0.2) is 29.8 Å². The molecule has 1 saturated heterocycles. The van der Waals surface area contributed by atoms with Crippen molar-refractivity contribution in [3.05, 3.63) is 53.6 Å². The number of carbonyl (C=O) groups excluding carboxylic acids is 2.